The number of nitrogens with one attached hydrogen (secondary N) is 1. The average Bonchev–Trinajstić information content (AvgIpc) is 2.80. The first-order valence-electron chi connectivity index (χ1n) is 11.5. The Morgan fingerprint density at radius 2 is 1.77 bits per heavy atom. The predicted molar refractivity (Wildman–Crippen MR) is 142 cm³/mol. The number of hydrogen-bond donors (Lipinski definition) is 1. The molecular formula is C26H29IN2O6. The Morgan fingerprint density at radius 3 is 2.40 bits per heavy atom. The zero-order valence-electron chi connectivity index (χ0n) is 20.2. The summed E-state index contributed by atoms with van der Waals surface area (Å²) in [5.41, 5.74) is 0.740. The van der Waals surface area contributed by atoms with Crippen molar-refractivity contribution in [1.82, 2.24) is 5.32 Å². The topological polar surface area (TPSA) is 94.2 Å². The van der Waals surface area contributed by atoms with Gasteiger partial charge in [-0.3, -0.25) is 14.9 Å². The largest absolute Gasteiger partial charge is 0.494 e. The number of carbonyl (C=O) groups is 3. The van der Waals surface area contributed by atoms with Gasteiger partial charge in [0.2, 0.25) is 0 Å². The molecule has 4 amide bonds. The first-order valence-corrected chi connectivity index (χ1v) is 12.6. The first-order chi connectivity index (χ1) is 16.7. The third kappa shape index (κ3) is 6.53. The van der Waals surface area contributed by atoms with Gasteiger partial charge < -0.3 is 14.2 Å². The van der Waals surface area contributed by atoms with E-state index in [2.05, 4.69) is 34.8 Å². The summed E-state index contributed by atoms with van der Waals surface area (Å²) in [6.07, 6.45) is 3.34. The van der Waals surface area contributed by atoms with Crippen LogP contribution in [0, 0.1) is 3.57 Å². The molecule has 2 aromatic rings. The van der Waals surface area contributed by atoms with Gasteiger partial charge >= 0.3 is 6.03 Å². The Kier molecular flexibility index (Phi) is 9.13. The number of imide groups is 2. The summed E-state index contributed by atoms with van der Waals surface area (Å²) >= 11 is 2.12. The lowest BCUT2D eigenvalue weighted by Gasteiger charge is -2.26. The Morgan fingerprint density at radius 1 is 1.06 bits per heavy atom. The molecule has 186 valence electrons. The zero-order chi connectivity index (χ0) is 25.5. The summed E-state index contributed by atoms with van der Waals surface area (Å²) < 4.78 is 18.0. The van der Waals surface area contributed by atoms with Crippen LogP contribution in [0.25, 0.3) is 6.08 Å². The molecule has 1 heterocycles. The molecule has 1 aliphatic heterocycles. The fourth-order valence-corrected chi connectivity index (χ4v) is 4.12. The molecule has 3 rings (SSSR count). The smallest absolute Gasteiger partial charge is 0.335 e. The molecule has 9 heteroatoms. The first kappa shape index (κ1) is 26.5. The Hall–Kier alpha value is -3.08. The predicted octanol–water partition coefficient (Wildman–Crippen LogP) is 5.32. The van der Waals surface area contributed by atoms with Gasteiger partial charge in [0.1, 0.15) is 11.3 Å². The number of unbranched alkanes of at least 4 members (excludes halogenated alkanes) is 1. The van der Waals surface area contributed by atoms with Gasteiger partial charge in [0.05, 0.1) is 28.6 Å². The molecule has 35 heavy (non-hydrogen) atoms. The summed E-state index contributed by atoms with van der Waals surface area (Å²) in [6.45, 7) is 8.78. The Bertz CT molecular complexity index is 1130. The number of benzene rings is 2. The van der Waals surface area contributed by atoms with Crippen LogP contribution in [0.15, 0.2) is 42.0 Å². The van der Waals surface area contributed by atoms with Gasteiger partial charge in [0, 0.05) is 0 Å². The van der Waals surface area contributed by atoms with Crippen LogP contribution in [0.2, 0.25) is 0 Å². The molecule has 0 spiro atoms. The van der Waals surface area contributed by atoms with Crippen molar-refractivity contribution >= 4 is 52.2 Å². The summed E-state index contributed by atoms with van der Waals surface area (Å²) in [4.78, 5) is 39.3. The molecule has 0 unspecified atom stereocenters. The highest BCUT2D eigenvalue weighted by atomic mass is 127. The van der Waals surface area contributed by atoms with E-state index in [1.807, 2.05) is 20.8 Å². The van der Waals surface area contributed by atoms with E-state index in [0.717, 1.165) is 21.3 Å². The van der Waals surface area contributed by atoms with Gasteiger partial charge in [-0.2, -0.15) is 0 Å². The van der Waals surface area contributed by atoms with E-state index < -0.39 is 17.8 Å². The standard InChI is InChI=1S/C26H29IN2O6/c1-5-7-12-34-19-10-8-18(9-11-19)29-25(31)20(24(30)28-26(29)32)13-17-14-21(27)23(35-16(3)4)22(15-17)33-6-2/h8-11,13-16H,5-7,12H2,1-4H3,(H,28,30,32)/b20-13-. The number of hydrogen-bond acceptors (Lipinski definition) is 6. The lowest BCUT2D eigenvalue weighted by molar-refractivity contribution is -0.122. The Labute approximate surface area is 218 Å². The van der Waals surface area contributed by atoms with E-state index >= 15 is 0 Å². The van der Waals surface area contributed by atoms with Crippen molar-refractivity contribution in [3.8, 4) is 17.2 Å². The van der Waals surface area contributed by atoms with E-state index in [-0.39, 0.29) is 11.7 Å². The van der Waals surface area contributed by atoms with E-state index in [1.165, 1.54) is 6.08 Å². The van der Waals surface area contributed by atoms with Crippen molar-refractivity contribution < 1.29 is 28.6 Å². The second kappa shape index (κ2) is 12.1. The molecule has 0 atom stereocenters. The van der Waals surface area contributed by atoms with Gasteiger partial charge in [0.25, 0.3) is 11.8 Å². The number of rotatable bonds is 10. The number of urea groups is 1. The summed E-state index contributed by atoms with van der Waals surface area (Å²) in [5, 5.41) is 2.25. The van der Waals surface area contributed by atoms with Crippen molar-refractivity contribution in [3.05, 3.63) is 51.1 Å². The van der Waals surface area contributed by atoms with Crippen molar-refractivity contribution in [1.29, 1.82) is 0 Å². The summed E-state index contributed by atoms with van der Waals surface area (Å²) in [5.74, 6) is 0.276. The molecule has 1 fully saturated rings. The van der Waals surface area contributed by atoms with Gasteiger partial charge in [-0.15, -0.1) is 0 Å². The molecule has 0 saturated carbocycles. The zero-order valence-corrected chi connectivity index (χ0v) is 22.4. The summed E-state index contributed by atoms with van der Waals surface area (Å²) in [7, 11) is 0. The minimum Gasteiger partial charge on any atom is -0.494 e. The number of ether oxygens (including phenoxy) is 3. The second-order valence-electron chi connectivity index (χ2n) is 8.08. The van der Waals surface area contributed by atoms with Crippen LogP contribution < -0.4 is 24.4 Å². The molecule has 0 aromatic heterocycles. The van der Waals surface area contributed by atoms with Crippen LogP contribution in [0.3, 0.4) is 0 Å². The Balaban J connectivity index is 1.92. The fourth-order valence-electron chi connectivity index (χ4n) is 3.37. The SMILES string of the molecule is CCCCOc1ccc(N2C(=O)NC(=O)/C(=C/c3cc(I)c(OC(C)C)c(OCC)c3)C2=O)cc1. The molecule has 2 aromatic carbocycles. The molecular weight excluding hydrogens is 563 g/mol. The highest BCUT2D eigenvalue weighted by molar-refractivity contribution is 14.1. The molecule has 1 saturated heterocycles. The third-order valence-corrected chi connectivity index (χ3v) is 5.76. The maximum Gasteiger partial charge on any atom is 0.335 e. The molecule has 8 nitrogen and oxygen atoms in total. The quantitative estimate of drug-likeness (QED) is 0.174. The van der Waals surface area contributed by atoms with Crippen molar-refractivity contribution in [2.75, 3.05) is 18.1 Å². The van der Waals surface area contributed by atoms with Crippen LogP contribution >= 0.6 is 22.6 Å². The number of amides is 4. The third-order valence-electron chi connectivity index (χ3n) is 4.96. The molecule has 0 aliphatic carbocycles. The maximum atomic E-state index is 13.2. The highest BCUT2D eigenvalue weighted by Gasteiger charge is 2.37. The number of barbiturate groups is 1. The van der Waals surface area contributed by atoms with Crippen molar-refractivity contribution in [2.45, 2.75) is 46.6 Å². The minimum atomic E-state index is -0.804. The van der Waals surface area contributed by atoms with Gasteiger partial charge in [0.15, 0.2) is 11.5 Å². The highest BCUT2D eigenvalue weighted by Crippen LogP contribution is 2.36. The van der Waals surface area contributed by atoms with E-state index in [9.17, 15) is 14.4 Å². The van der Waals surface area contributed by atoms with E-state index in [1.54, 1.807) is 36.4 Å². The summed E-state index contributed by atoms with van der Waals surface area (Å²) in [6, 6.07) is 9.30. The van der Waals surface area contributed by atoms with Crippen molar-refractivity contribution in [3.63, 3.8) is 0 Å². The van der Waals surface area contributed by atoms with Crippen LogP contribution in [-0.4, -0.2) is 37.2 Å². The number of halogens is 1. The lowest BCUT2D eigenvalue weighted by atomic mass is 10.1. The van der Waals surface area contributed by atoms with Crippen LogP contribution in [-0.2, 0) is 9.59 Å². The lowest BCUT2D eigenvalue weighted by Crippen LogP contribution is -2.54. The van der Waals surface area contributed by atoms with Crippen LogP contribution in [0.5, 0.6) is 17.2 Å². The molecule has 1 aliphatic rings. The van der Waals surface area contributed by atoms with Gasteiger partial charge in [-0.1, -0.05) is 13.3 Å². The van der Waals surface area contributed by atoms with Crippen LogP contribution in [0.1, 0.15) is 46.1 Å². The van der Waals surface area contributed by atoms with Gasteiger partial charge in [-0.05, 0) is 97.8 Å². The van der Waals surface area contributed by atoms with Gasteiger partial charge in [-0.25, -0.2) is 9.69 Å². The normalized spacial score (nSPS) is 15.0. The average molecular weight is 592 g/mol. The fraction of sp³-hybridized carbons (Fsp3) is 0.346. The molecule has 1 N–H and O–H groups in total. The molecule has 0 radical (unpaired) electrons. The molecule has 0 bridgehead atoms. The number of nitrogens with zero attached hydrogens (tertiary/aromatic N) is 1. The second-order valence-corrected chi connectivity index (χ2v) is 9.25. The van der Waals surface area contributed by atoms with E-state index in [0.29, 0.717) is 41.7 Å². The number of carbonyl (C=O) groups excluding carboxylic acids is 3. The van der Waals surface area contributed by atoms with Crippen molar-refractivity contribution in [2.24, 2.45) is 0 Å². The monoisotopic (exact) mass is 592 g/mol. The maximum absolute atomic E-state index is 13.2. The number of anilines is 1. The van der Waals surface area contributed by atoms with E-state index in [4.69, 9.17) is 14.2 Å². The van der Waals surface area contributed by atoms with Crippen LogP contribution in [0.4, 0.5) is 10.5 Å². The minimum absolute atomic E-state index is 0.0550.